The summed E-state index contributed by atoms with van der Waals surface area (Å²) in [6.07, 6.45) is 0. The van der Waals surface area contributed by atoms with Gasteiger partial charge in [-0.1, -0.05) is 42.5 Å². The van der Waals surface area contributed by atoms with Gasteiger partial charge in [-0.3, -0.25) is 19.3 Å². The van der Waals surface area contributed by atoms with E-state index >= 15 is 0 Å². The van der Waals surface area contributed by atoms with Crippen LogP contribution in [0.15, 0.2) is 54.6 Å². The van der Waals surface area contributed by atoms with Crippen LogP contribution < -0.4 is 0 Å². The highest BCUT2D eigenvalue weighted by Crippen LogP contribution is 2.13. The Morgan fingerprint density at radius 3 is 2.00 bits per heavy atom. The van der Waals surface area contributed by atoms with Crippen molar-refractivity contribution in [3.05, 3.63) is 71.5 Å². The maximum absolute atomic E-state index is 13.1. The zero-order valence-corrected chi connectivity index (χ0v) is 18.0. The van der Waals surface area contributed by atoms with Crippen molar-refractivity contribution in [1.29, 1.82) is 0 Å². The molecule has 2 aromatic carbocycles. The normalized spacial score (nSPS) is 17.7. The molecule has 2 aromatic rings. The number of hydrogen-bond donors (Lipinski definition) is 0. The summed E-state index contributed by atoms with van der Waals surface area (Å²) < 4.78 is 13.1. The smallest absolute Gasteiger partial charge is 0.312 e. The topological polar surface area (TPSA) is 64.2 Å². The van der Waals surface area contributed by atoms with Crippen LogP contribution in [0, 0.1) is 5.82 Å². The van der Waals surface area contributed by atoms with Crippen LogP contribution in [0.3, 0.4) is 0 Å². The van der Waals surface area contributed by atoms with Crippen LogP contribution in [0.2, 0.25) is 0 Å². The number of halogens is 1. The van der Waals surface area contributed by atoms with Gasteiger partial charge in [0.2, 0.25) is 5.91 Å². The zero-order chi connectivity index (χ0) is 22.5. The molecule has 0 aromatic heterocycles. The van der Waals surface area contributed by atoms with Crippen LogP contribution in [0.25, 0.3) is 0 Å². The molecule has 0 saturated carbocycles. The summed E-state index contributed by atoms with van der Waals surface area (Å²) in [6.45, 7) is 4.45. The molecule has 0 spiro atoms. The van der Waals surface area contributed by atoms with Gasteiger partial charge in [0.15, 0.2) is 0 Å². The molecule has 7 nitrogen and oxygen atoms in total. The van der Waals surface area contributed by atoms with Crippen LogP contribution in [0.1, 0.15) is 11.1 Å². The van der Waals surface area contributed by atoms with E-state index in [0.717, 1.165) is 25.2 Å². The summed E-state index contributed by atoms with van der Waals surface area (Å²) in [5.41, 5.74) is 2.00. The molecule has 32 heavy (non-hydrogen) atoms. The fourth-order valence-corrected chi connectivity index (χ4v) is 4.09. The van der Waals surface area contributed by atoms with Gasteiger partial charge in [0, 0.05) is 52.4 Å². The third kappa shape index (κ3) is 5.31. The zero-order valence-electron chi connectivity index (χ0n) is 18.0. The molecular weight excluding hydrogens is 411 g/mol. The van der Waals surface area contributed by atoms with E-state index in [-0.39, 0.29) is 24.8 Å². The second kappa shape index (κ2) is 9.91. The van der Waals surface area contributed by atoms with E-state index in [0.29, 0.717) is 26.2 Å². The van der Waals surface area contributed by atoms with Crippen molar-refractivity contribution in [3.8, 4) is 0 Å². The van der Waals surface area contributed by atoms with E-state index in [4.69, 9.17) is 0 Å². The van der Waals surface area contributed by atoms with Gasteiger partial charge in [-0.15, -0.1) is 0 Å². The van der Waals surface area contributed by atoms with Crippen LogP contribution in [-0.4, -0.2) is 83.1 Å². The largest absolute Gasteiger partial charge is 0.339 e. The van der Waals surface area contributed by atoms with Crippen molar-refractivity contribution < 1.29 is 18.8 Å². The second-order valence-corrected chi connectivity index (χ2v) is 8.22. The monoisotopic (exact) mass is 438 g/mol. The third-order valence-electron chi connectivity index (χ3n) is 5.98. The fourth-order valence-electron chi connectivity index (χ4n) is 4.09. The Labute approximate surface area is 187 Å². The number of rotatable bonds is 6. The lowest BCUT2D eigenvalue weighted by Crippen LogP contribution is -2.57. The van der Waals surface area contributed by atoms with E-state index in [1.807, 2.05) is 18.2 Å². The molecule has 4 rings (SSSR count). The maximum atomic E-state index is 13.1. The van der Waals surface area contributed by atoms with E-state index in [1.54, 1.807) is 17.0 Å². The van der Waals surface area contributed by atoms with Gasteiger partial charge in [-0.05, 0) is 23.3 Å². The summed E-state index contributed by atoms with van der Waals surface area (Å²) in [5.74, 6) is -1.76. The number of hydrogen-bond acceptors (Lipinski definition) is 4. The van der Waals surface area contributed by atoms with Crippen LogP contribution in [0.4, 0.5) is 4.39 Å². The van der Waals surface area contributed by atoms with Crippen molar-refractivity contribution in [2.45, 2.75) is 13.1 Å². The summed E-state index contributed by atoms with van der Waals surface area (Å²) in [6, 6.07) is 16.1. The molecule has 0 aliphatic carbocycles. The van der Waals surface area contributed by atoms with E-state index < -0.39 is 11.8 Å². The summed E-state index contributed by atoms with van der Waals surface area (Å²) in [5, 5.41) is 0. The number of amides is 3. The number of benzene rings is 2. The Bertz CT molecular complexity index is 959. The Balaban J connectivity index is 1.25. The van der Waals surface area contributed by atoms with E-state index in [2.05, 4.69) is 17.0 Å². The fraction of sp³-hybridized carbons (Fsp3) is 0.375. The highest BCUT2D eigenvalue weighted by Gasteiger charge is 2.34. The molecule has 0 bridgehead atoms. The average molecular weight is 439 g/mol. The molecule has 0 atom stereocenters. The molecule has 3 amide bonds. The SMILES string of the molecule is O=C(CN1CCN(Cc2ccc(F)cc2)C(=O)C1=O)N1CCN(Cc2ccccc2)CC1. The lowest BCUT2D eigenvalue weighted by Gasteiger charge is -2.37. The van der Waals surface area contributed by atoms with Crippen molar-refractivity contribution >= 4 is 17.7 Å². The van der Waals surface area contributed by atoms with Gasteiger partial charge in [0.05, 0.1) is 0 Å². The van der Waals surface area contributed by atoms with Gasteiger partial charge < -0.3 is 14.7 Å². The summed E-state index contributed by atoms with van der Waals surface area (Å²) in [4.78, 5) is 44.7. The van der Waals surface area contributed by atoms with Gasteiger partial charge in [-0.25, -0.2) is 4.39 Å². The average Bonchev–Trinajstić information content (AvgIpc) is 2.81. The molecule has 0 unspecified atom stereocenters. The number of piperazine rings is 2. The number of carbonyl (C=O) groups is 3. The predicted molar refractivity (Wildman–Crippen MR) is 117 cm³/mol. The van der Waals surface area contributed by atoms with Gasteiger partial charge in [-0.2, -0.15) is 0 Å². The Kier molecular flexibility index (Phi) is 6.80. The molecule has 2 saturated heterocycles. The van der Waals surface area contributed by atoms with Gasteiger partial charge in [0.25, 0.3) is 0 Å². The molecular formula is C24H27FN4O3. The van der Waals surface area contributed by atoms with Crippen LogP contribution in [0.5, 0.6) is 0 Å². The van der Waals surface area contributed by atoms with E-state index in [9.17, 15) is 18.8 Å². The molecule has 2 fully saturated rings. The Hall–Kier alpha value is -3.26. The van der Waals surface area contributed by atoms with Crippen LogP contribution in [-0.2, 0) is 27.5 Å². The van der Waals surface area contributed by atoms with E-state index in [1.165, 1.54) is 27.5 Å². The standard InChI is InChI=1S/C24H27FN4O3/c25-21-8-6-20(7-9-21)17-28-14-15-29(24(32)23(28)31)18-22(30)27-12-10-26(11-13-27)16-19-4-2-1-3-5-19/h1-9H,10-18H2. The predicted octanol–water partition coefficient (Wildman–Crippen LogP) is 1.34. The van der Waals surface area contributed by atoms with Crippen LogP contribution >= 0.6 is 0 Å². The first-order chi connectivity index (χ1) is 15.5. The highest BCUT2D eigenvalue weighted by molar-refractivity contribution is 6.35. The minimum Gasteiger partial charge on any atom is -0.339 e. The summed E-state index contributed by atoms with van der Waals surface area (Å²) in [7, 11) is 0. The van der Waals surface area contributed by atoms with Crippen molar-refractivity contribution in [2.75, 3.05) is 45.8 Å². The van der Waals surface area contributed by atoms with Gasteiger partial charge in [0.1, 0.15) is 12.4 Å². The first kappa shape index (κ1) is 22.0. The van der Waals surface area contributed by atoms with Crippen molar-refractivity contribution in [2.24, 2.45) is 0 Å². The Morgan fingerprint density at radius 1 is 0.719 bits per heavy atom. The molecule has 2 heterocycles. The van der Waals surface area contributed by atoms with Crippen molar-refractivity contribution in [1.82, 2.24) is 19.6 Å². The molecule has 0 radical (unpaired) electrons. The lowest BCUT2D eigenvalue weighted by atomic mass is 10.2. The molecule has 0 N–H and O–H groups in total. The maximum Gasteiger partial charge on any atom is 0.312 e. The quantitative estimate of drug-likeness (QED) is 0.639. The first-order valence-electron chi connectivity index (χ1n) is 10.9. The highest BCUT2D eigenvalue weighted by atomic mass is 19.1. The molecule has 2 aliphatic heterocycles. The number of nitrogens with zero attached hydrogens (tertiary/aromatic N) is 4. The molecule has 8 heteroatoms. The second-order valence-electron chi connectivity index (χ2n) is 8.22. The first-order valence-corrected chi connectivity index (χ1v) is 10.9. The minimum absolute atomic E-state index is 0.0757. The third-order valence-corrected chi connectivity index (χ3v) is 5.98. The summed E-state index contributed by atoms with van der Waals surface area (Å²) >= 11 is 0. The van der Waals surface area contributed by atoms with Gasteiger partial charge >= 0.3 is 11.8 Å². The van der Waals surface area contributed by atoms with Crippen molar-refractivity contribution in [3.63, 3.8) is 0 Å². The number of carbonyl (C=O) groups excluding carboxylic acids is 3. The minimum atomic E-state index is -0.658. The molecule has 2 aliphatic rings. The Morgan fingerprint density at radius 2 is 1.31 bits per heavy atom. The lowest BCUT2D eigenvalue weighted by molar-refractivity contribution is -0.158. The molecule has 168 valence electrons.